The minimum Gasteiger partial charge on any atom is -0.353 e. The van der Waals surface area contributed by atoms with Gasteiger partial charge in [-0.25, -0.2) is 0 Å². The van der Waals surface area contributed by atoms with Crippen molar-refractivity contribution in [2.75, 3.05) is 0 Å². The first-order valence-electron chi connectivity index (χ1n) is 8.12. The molecule has 4 nitrogen and oxygen atoms in total. The summed E-state index contributed by atoms with van der Waals surface area (Å²) in [6.45, 7) is 0. The molecule has 1 aliphatic carbocycles. The lowest BCUT2D eigenvalue weighted by Crippen LogP contribution is -2.38. The molecule has 5 heteroatoms. The molecule has 1 amide bonds. The van der Waals surface area contributed by atoms with Crippen LogP contribution in [-0.4, -0.2) is 21.7 Å². The molecule has 0 aromatic carbocycles. The lowest BCUT2D eigenvalue weighted by molar-refractivity contribution is -0.122. The van der Waals surface area contributed by atoms with Gasteiger partial charge in [-0.05, 0) is 56.0 Å². The molecule has 1 aliphatic rings. The van der Waals surface area contributed by atoms with Crippen LogP contribution in [0.1, 0.15) is 49.4 Å². The first-order chi connectivity index (χ1) is 10.8. The van der Waals surface area contributed by atoms with E-state index in [-0.39, 0.29) is 5.91 Å². The molecule has 0 bridgehead atoms. The molecule has 0 unspecified atom stereocenters. The van der Waals surface area contributed by atoms with Crippen molar-refractivity contribution in [1.82, 2.24) is 15.1 Å². The Balaban J connectivity index is 1.34. The van der Waals surface area contributed by atoms with Crippen LogP contribution >= 0.6 is 11.3 Å². The first kappa shape index (κ1) is 15.3. The molecule has 1 N–H and O–H groups in total. The van der Waals surface area contributed by atoms with Gasteiger partial charge in [0.1, 0.15) is 0 Å². The number of carbonyl (C=O) groups is 1. The van der Waals surface area contributed by atoms with Gasteiger partial charge in [0.05, 0.1) is 6.04 Å². The van der Waals surface area contributed by atoms with Crippen molar-refractivity contribution in [3.63, 3.8) is 0 Å². The fourth-order valence-electron chi connectivity index (χ4n) is 3.16. The molecule has 22 heavy (non-hydrogen) atoms. The number of nitrogens with zero attached hydrogens (tertiary/aromatic N) is 2. The molecule has 0 spiro atoms. The average molecular weight is 317 g/mol. The normalized spacial score (nSPS) is 21.6. The zero-order chi connectivity index (χ0) is 15.2. The summed E-state index contributed by atoms with van der Waals surface area (Å²) >= 11 is 1.77. The van der Waals surface area contributed by atoms with Gasteiger partial charge in [-0.2, -0.15) is 5.10 Å². The molecule has 2 aromatic rings. The Morgan fingerprint density at radius 3 is 2.86 bits per heavy atom. The zero-order valence-electron chi connectivity index (χ0n) is 12.8. The summed E-state index contributed by atoms with van der Waals surface area (Å²) in [5, 5.41) is 9.61. The second kappa shape index (κ2) is 7.58. The molecule has 2 heterocycles. The number of amides is 1. The van der Waals surface area contributed by atoms with Gasteiger partial charge in [-0.1, -0.05) is 6.07 Å². The molecule has 1 fully saturated rings. The monoisotopic (exact) mass is 317 g/mol. The zero-order valence-corrected chi connectivity index (χ0v) is 13.6. The highest BCUT2D eigenvalue weighted by Gasteiger charge is 2.23. The van der Waals surface area contributed by atoms with Crippen LogP contribution < -0.4 is 5.32 Å². The molecule has 0 radical (unpaired) electrons. The summed E-state index contributed by atoms with van der Waals surface area (Å²) in [5.74, 6) is 0.207. The highest BCUT2D eigenvalue weighted by molar-refractivity contribution is 7.09. The van der Waals surface area contributed by atoms with Crippen molar-refractivity contribution in [2.45, 2.75) is 57.0 Å². The van der Waals surface area contributed by atoms with E-state index in [9.17, 15) is 4.79 Å². The third-order valence-corrected chi connectivity index (χ3v) is 5.30. The second-order valence-electron chi connectivity index (χ2n) is 5.99. The van der Waals surface area contributed by atoms with Gasteiger partial charge in [0.15, 0.2) is 0 Å². The second-order valence-corrected chi connectivity index (χ2v) is 7.02. The molecular weight excluding hydrogens is 294 g/mol. The molecule has 0 aliphatic heterocycles. The third kappa shape index (κ3) is 4.19. The number of aromatic nitrogens is 2. The van der Waals surface area contributed by atoms with Crippen LogP contribution in [-0.2, 0) is 11.2 Å². The van der Waals surface area contributed by atoms with Gasteiger partial charge in [0, 0.05) is 29.7 Å². The number of nitrogens with one attached hydrogen (secondary N) is 1. The predicted octanol–water partition coefficient (Wildman–Crippen LogP) is 3.57. The maximum Gasteiger partial charge on any atom is 0.220 e. The van der Waals surface area contributed by atoms with E-state index in [1.165, 1.54) is 4.88 Å². The van der Waals surface area contributed by atoms with Gasteiger partial charge in [-0.3, -0.25) is 9.48 Å². The van der Waals surface area contributed by atoms with E-state index in [2.05, 4.69) is 32.6 Å². The van der Waals surface area contributed by atoms with E-state index in [1.807, 2.05) is 18.5 Å². The Labute approximate surface area is 135 Å². The number of hydrogen-bond acceptors (Lipinski definition) is 3. The van der Waals surface area contributed by atoms with E-state index >= 15 is 0 Å². The highest BCUT2D eigenvalue weighted by atomic mass is 32.1. The van der Waals surface area contributed by atoms with Crippen LogP contribution in [0, 0.1) is 0 Å². The van der Waals surface area contributed by atoms with Gasteiger partial charge in [0.25, 0.3) is 0 Å². The summed E-state index contributed by atoms with van der Waals surface area (Å²) < 4.78 is 2.05. The maximum atomic E-state index is 12.0. The maximum absolute atomic E-state index is 12.0. The molecule has 118 valence electrons. The number of thiophene rings is 1. The molecule has 0 atom stereocenters. The van der Waals surface area contributed by atoms with Crippen molar-refractivity contribution in [3.05, 3.63) is 40.8 Å². The predicted molar refractivity (Wildman–Crippen MR) is 88.9 cm³/mol. The average Bonchev–Trinajstić information content (AvgIpc) is 3.21. The Kier molecular flexibility index (Phi) is 5.27. The van der Waals surface area contributed by atoms with Gasteiger partial charge < -0.3 is 5.32 Å². The van der Waals surface area contributed by atoms with Crippen LogP contribution in [0.25, 0.3) is 0 Å². The van der Waals surface area contributed by atoms with E-state index < -0.39 is 0 Å². The molecular formula is C17H23N3OS. The first-order valence-corrected chi connectivity index (χ1v) is 9.00. The lowest BCUT2D eigenvalue weighted by atomic mass is 9.91. The Morgan fingerprint density at radius 1 is 1.32 bits per heavy atom. The van der Waals surface area contributed by atoms with Crippen molar-refractivity contribution in [3.8, 4) is 0 Å². The van der Waals surface area contributed by atoms with E-state index in [0.717, 1.165) is 38.5 Å². The van der Waals surface area contributed by atoms with Crippen LogP contribution in [0.5, 0.6) is 0 Å². The van der Waals surface area contributed by atoms with Crippen LogP contribution in [0.2, 0.25) is 0 Å². The van der Waals surface area contributed by atoms with Crippen molar-refractivity contribution in [2.24, 2.45) is 0 Å². The number of aryl methyl sites for hydroxylation is 1. The van der Waals surface area contributed by atoms with Crippen LogP contribution in [0.4, 0.5) is 0 Å². The minimum absolute atomic E-state index is 0.207. The summed E-state index contributed by atoms with van der Waals surface area (Å²) in [7, 11) is 0. The summed E-state index contributed by atoms with van der Waals surface area (Å²) in [6, 6.07) is 7.03. The van der Waals surface area contributed by atoms with Gasteiger partial charge in [-0.15, -0.1) is 11.3 Å². The van der Waals surface area contributed by atoms with Crippen LogP contribution in [0.15, 0.2) is 36.0 Å². The van der Waals surface area contributed by atoms with Crippen molar-refractivity contribution in [1.29, 1.82) is 0 Å². The molecule has 0 saturated heterocycles. The molecule has 3 rings (SSSR count). The topological polar surface area (TPSA) is 46.9 Å². The largest absolute Gasteiger partial charge is 0.353 e. The fourth-order valence-corrected chi connectivity index (χ4v) is 3.91. The molecule has 2 aromatic heterocycles. The van der Waals surface area contributed by atoms with E-state index in [0.29, 0.717) is 18.5 Å². The quantitative estimate of drug-likeness (QED) is 0.885. The Morgan fingerprint density at radius 2 is 2.18 bits per heavy atom. The third-order valence-electron chi connectivity index (χ3n) is 4.37. The standard InChI is InChI=1S/C17H23N3OS/c21-17(6-1-4-16-5-2-13-22-16)19-14-7-9-15(10-8-14)20-12-3-11-18-20/h2-3,5,11-15H,1,4,6-10H2,(H,19,21). The minimum atomic E-state index is 0.207. The summed E-state index contributed by atoms with van der Waals surface area (Å²) in [4.78, 5) is 13.4. The van der Waals surface area contributed by atoms with Gasteiger partial charge >= 0.3 is 0 Å². The fraction of sp³-hybridized carbons (Fsp3) is 0.529. The Bertz CT molecular complexity index is 557. The SMILES string of the molecule is O=C(CCCc1cccs1)NC1CCC(n2cccn2)CC1. The number of rotatable bonds is 6. The summed E-state index contributed by atoms with van der Waals surface area (Å²) in [6.07, 6.45) is 10.8. The van der Waals surface area contributed by atoms with Crippen LogP contribution in [0.3, 0.4) is 0 Å². The van der Waals surface area contributed by atoms with Crippen molar-refractivity contribution < 1.29 is 4.79 Å². The van der Waals surface area contributed by atoms with E-state index in [4.69, 9.17) is 0 Å². The summed E-state index contributed by atoms with van der Waals surface area (Å²) in [5.41, 5.74) is 0. The lowest BCUT2D eigenvalue weighted by Gasteiger charge is -2.29. The number of hydrogen-bond donors (Lipinski definition) is 1. The Hall–Kier alpha value is -1.62. The highest BCUT2D eigenvalue weighted by Crippen LogP contribution is 2.27. The smallest absolute Gasteiger partial charge is 0.220 e. The molecule has 1 saturated carbocycles. The van der Waals surface area contributed by atoms with Gasteiger partial charge in [0.2, 0.25) is 5.91 Å². The van der Waals surface area contributed by atoms with Crippen molar-refractivity contribution >= 4 is 17.2 Å². The van der Waals surface area contributed by atoms with E-state index in [1.54, 1.807) is 11.3 Å². The number of carbonyl (C=O) groups excluding carboxylic acids is 1.